The molecule has 0 amide bonds. The van der Waals surface area contributed by atoms with Crippen molar-refractivity contribution in [1.82, 2.24) is 0 Å². The Balaban J connectivity index is 1.49. The molecule has 1 aliphatic carbocycles. The summed E-state index contributed by atoms with van der Waals surface area (Å²) in [4.78, 5) is 12.4. The van der Waals surface area contributed by atoms with Gasteiger partial charge < -0.3 is 20.9 Å². The first-order valence-corrected chi connectivity index (χ1v) is 12.3. The van der Waals surface area contributed by atoms with Crippen LogP contribution < -0.4 is 20.9 Å². The molecule has 9 heteroatoms. The number of benzene rings is 2. The van der Waals surface area contributed by atoms with E-state index in [9.17, 15) is 13.2 Å². The number of esters is 1. The molecule has 0 aliphatic heterocycles. The number of amidine groups is 1. The SMILES string of the molecule is N=C(N)CCCCC(N)C(=O)Oc1ccc(Oc2ccc(S(=O)(=O)CC3CC3)cc2)cc1. The van der Waals surface area contributed by atoms with Crippen LogP contribution in [0.1, 0.15) is 38.5 Å². The summed E-state index contributed by atoms with van der Waals surface area (Å²) in [5, 5.41) is 7.18. The van der Waals surface area contributed by atoms with E-state index < -0.39 is 21.8 Å². The first-order valence-electron chi connectivity index (χ1n) is 10.6. The van der Waals surface area contributed by atoms with Gasteiger partial charge in [-0.3, -0.25) is 5.41 Å². The zero-order valence-electron chi connectivity index (χ0n) is 17.8. The molecule has 0 saturated heterocycles. The summed E-state index contributed by atoms with van der Waals surface area (Å²) in [6.45, 7) is 0. The highest BCUT2D eigenvalue weighted by Gasteiger charge is 2.29. The number of hydrogen-bond donors (Lipinski definition) is 3. The Morgan fingerprint density at radius 3 is 2.12 bits per heavy atom. The van der Waals surface area contributed by atoms with Gasteiger partial charge in [-0.25, -0.2) is 13.2 Å². The number of nitrogens with one attached hydrogen (secondary N) is 1. The van der Waals surface area contributed by atoms with Crippen LogP contribution in [0.4, 0.5) is 0 Å². The molecule has 3 rings (SSSR count). The highest BCUT2D eigenvalue weighted by molar-refractivity contribution is 7.91. The van der Waals surface area contributed by atoms with Crippen molar-refractivity contribution in [3.63, 3.8) is 0 Å². The first-order chi connectivity index (χ1) is 15.2. The lowest BCUT2D eigenvalue weighted by molar-refractivity contribution is -0.136. The van der Waals surface area contributed by atoms with E-state index >= 15 is 0 Å². The number of unbranched alkanes of at least 4 members (excludes halogenated alkanes) is 1. The number of nitrogens with two attached hydrogens (primary N) is 2. The van der Waals surface area contributed by atoms with Gasteiger partial charge in [0.2, 0.25) is 0 Å². The lowest BCUT2D eigenvalue weighted by Gasteiger charge is -2.12. The van der Waals surface area contributed by atoms with E-state index in [0.717, 1.165) is 12.8 Å². The molecule has 1 atom stereocenters. The van der Waals surface area contributed by atoms with Crippen LogP contribution in [0.5, 0.6) is 17.2 Å². The molecule has 32 heavy (non-hydrogen) atoms. The van der Waals surface area contributed by atoms with Crippen molar-refractivity contribution in [1.29, 1.82) is 5.41 Å². The van der Waals surface area contributed by atoms with Crippen molar-refractivity contribution in [2.24, 2.45) is 17.4 Å². The number of carbonyl (C=O) groups is 1. The molecule has 2 aromatic carbocycles. The minimum Gasteiger partial charge on any atom is -0.457 e. The third-order valence-corrected chi connectivity index (χ3v) is 7.03. The highest BCUT2D eigenvalue weighted by Crippen LogP contribution is 2.33. The number of hydrogen-bond acceptors (Lipinski definition) is 7. The maximum atomic E-state index is 12.3. The van der Waals surface area contributed by atoms with E-state index in [1.165, 1.54) is 0 Å². The van der Waals surface area contributed by atoms with Gasteiger partial charge in [-0.15, -0.1) is 0 Å². The van der Waals surface area contributed by atoms with Crippen molar-refractivity contribution in [2.45, 2.75) is 49.5 Å². The van der Waals surface area contributed by atoms with Gasteiger partial charge in [0.05, 0.1) is 16.5 Å². The summed E-state index contributed by atoms with van der Waals surface area (Å²) < 4.78 is 35.7. The summed E-state index contributed by atoms with van der Waals surface area (Å²) in [5.41, 5.74) is 11.2. The molecular weight excluding hydrogens is 430 g/mol. The summed E-state index contributed by atoms with van der Waals surface area (Å²) >= 11 is 0. The van der Waals surface area contributed by atoms with E-state index in [-0.39, 0.29) is 11.6 Å². The summed E-state index contributed by atoms with van der Waals surface area (Å²) in [7, 11) is -3.25. The monoisotopic (exact) mass is 459 g/mol. The van der Waals surface area contributed by atoms with Gasteiger partial charge in [0.25, 0.3) is 0 Å². The molecule has 1 aliphatic rings. The second kappa shape index (κ2) is 10.6. The first kappa shape index (κ1) is 23.7. The fraction of sp³-hybridized carbons (Fsp3) is 0.391. The Kier molecular flexibility index (Phi) is 7.87. The number of ether oxygens (including phenoxy) is 2. The van der Waals surface area contributed by atoms with Crippen LogP contribution >= 0.6 is 0 Å². The van der Waals surface area contributed by atoms with Gasteiger partial charge in [0.1, 0.15) is 23.3 Å². The number of carbonyl (C=O) groups excluding carboxylic acids is 1. The standard InChI is InChI=1S/C23H29N3O5S/c24-21(3-1-2-4-22(25)26)23(27)31-19-9-7-17(8-10-19)30-18-11-13-20(14-12-18)32(28,29)15-16-5-6-16/h7-14,16,21H,1-6,15,24H2,(H3,25,26). The smallest absolute Gasteiger partial charge is 0.328 e. The second-order valence-corrected chi connectivity index (χ2v) is 10.1. The predicted octanol–water partition coefficient (Wildman–Crippen LogP) is 3.39. The Bertz CT molecular complexity index is 1030. The topological polar surface area (TPSA) is 146 Å². The minimum absolute atomic E-state index is 0.123. The van der Waals surface area contributed by atoms with Gasteiger partial charge in [0, 0.05) is 6.42 Å². The average molecular weight is 460 g/mol. The van der Waals surface area contributed by atoms with E-state index in [1.807, 2.05) is 0 Å². The fourth-order valence-corrected chi connectivity index (χ4v) is 4.80. The fourth-order valence-electron chi connectivity index (χ4n) is 3.11. The van der Waals surface area contributed by atoms with Crippen molar-refractivity contribution in [2.75, 3.05) is 5.75 Å². The van der Waals surface area contributed by atoms with Crippen LogP contribution in [0, 0.1) is 11.3 Å². The van der Waals surface area contributed by atoms with Gasteiger partial charge >= 0.3 is 5.97 Å². The Morgan fingerprint density at radius 1 is 1.00 bits per heavy atom. The molecule has 0 spiro atoms. The summed E-state index contributed by atoms with van der Waals surface area (Å²) in [6.07, 6.45) is 4.30. The molecule has 2 aromatic rings. The second-order valence-electron chi connectivity index (χ2n) is 8.07. The van der Waals surface area contributed by atoms with Crippen LogP contribution in [0.25, 0.3) is 0 Å². The zero-order chi connectivity index (χ0) is 23.1. The lowest BCUT2D eigenvalue weighted by atomic mass is 10.1. The quantitative estimate of drug-likeness (QED) is 0.145. The van der Waals surface area contributed by atoms with Crippen LogP contribution in [-0.2, 0) is 14.6 Å². The highest BCUT2D eigenvalue weighted by atomic mass is 32.2. The normalized spacial score (nSPS) is 14.5. The molecule has 8 nitrogen and oxygen atoms in total. The molecule has 0 radical (unpaired) electrons. The van der Waals surface area contributed by atoms with Crippen LogP contribution in [0.15, 0.2) is 53.4 Å². The summed E-state index contributed by atoms with van der Waals surface area (Å²) in [5.74, 6) is 1.48. The number of rotatable bonds is 12. The van der Waals surface area contributed by atoms with E-state index in [2.05, 4.69) is 0 Å². The maximum absolute atomic E-state index is 12.3. The van der Waals surface area contributed by atoms with E-state index in [1.54, 1.807) is 48.5 Å². The molecule has 1 saturated carbocycles. The Morgan fingerprint density at radius 2 is 1.56 bits per heavy atom. The third-order valence-electron chi connectivity index (χ3n) is 5.13. The maximum Gasteiger partial charge on any atom is 0.328 e. The molecular formula is C23H29N3O5S. The van der Waals surface area contributed by atoms with Crippen LogP contribution in [0.3, 0.4) is 0 Å². The predicted molar refractivity (Wildman–Crippen MR) is 122 cm³/mol. The van der Waals surface area contributed by atoms with Crippen LogP contribution in [-0.4, -0.2) is 32.0 Å². The molecule has 0 aromatic heterocycles. The van der Waals surface area contributed by atoms with Crippen molar-refractivity contribution in [3.05, 3.63) is 48.5 Å². The van der Waals surface area contributed by atoms with E-state index in [4.69, 9.17) is 26.4 Å². The molecule has 5 N–H and O–H groups in total. The number of sulfone groups is 1. The zero-order valence-corrected chi connectivity index (χ0v) is 18.6. The largest absolute Gasteiger partial charge is 0.457 e. The summed E-state index contributed by atoms with van der Waals surface area (Å²) in [6, 6.07) is 12.1. The Labute approximate surface area is 188 Å². The lowest BCUT2D eigenvalue weighted by Crippen LogP contribution is -2.34. The molecule has 172 valence electrons. The average Bonchev–Trinajstić information content (AvgIpc) is 3.56. The molecule has 0 bridgehead atoms. The van der Waals surface area contributed by atoms with Crippen molar-refractivity contribution < 1.29 is 22.7 Å². The van der Waals surface area contributed by atoms with Gasteiger partial charge in [-0.05, 0) is 80.1 Å². The van der Waals surface area contributed by atoms with Crippen molar-refractivity contribution >= 4 is 21.6 Å². The van der Waals surface area contributed by atoms with Crippen LogP contribution in [0.2, 0.25) is 0 Å². The molecule has 1 fully saturated rings. The molecule has 1 unspecified atom stereocenters. The van der Waals surface area contributed by atoms with E-state index in [0.29, 0.717) is 53.7 Å². The van der Waals surface area contributed by atoms with Gasteiger partial charge in [-0.2, -0.15) is 0 Å². The van der Waals surface area contributed by atoms with Gasteiger partial charge in [0.15, 0.2) is 9.84 Å². The third kappa shape index (κ3) is 7.35. The van der Waals surface area contributed by atoms with Gasteiger partial charge in [-0.1, -0.05) is 6.42 Å². The van der Waals surface area contributed by atoms with Crippen molar-refractivity contribution in [3.8, 4) is 17.2 Å². The minimum atomic E-state index is -3.25. The molecule has 0 heterocycles. The Hall–Kier alpha value is -2.91.